The Hall–Kier alpha value is -5.05. The summed E-state index contributed by atoms with van der Waals surface area (Å²) in [5.41, 5.74) is 13.7. The SMILES string of the molecule is C[C@H](c1cccnc1N)N(C)c1nc(N2CCC3(CN(C)C3)C2)nc2c(F)c(-c3ccc(F)c4sc(N)c(C#N)c34)c(Cl)cc12.O=C(O)C(F)(F)F. The van der Waals surface area contributed by atoms with Gasteiger partial charge in [-0.2, -0.15) is 23.4 Å². The molecule has 1 atom stereocenters. The lowest BCUT2D eigenvalue weighted by Gasteiger charge is -2.46. The van der Waals surface area contributed by atoms with Crippen molar-refractivity contribution in [1.82, 2.24) is 19.9 Å². The number of carboxylic acid groups (broad SMARTS) is 1. The van der Waals surface area contributed by atoms with Crippen LogP contribution in [0.15, 0.2) is 36.5 Å². The number of nitrogens with two attached hydrogens (primary N) is 2. The van der Waals surface area contributed by atoms with E-state index in [1.807, 2.05) is 31.0 Å². The summed E-state index contributed by atoms with van der Waals surface area (Å²) in [6.07, 6.45) is -2.46. The molecule has 0 unspecified atom stereocenters. The zero-order valence-corrected chi connectivity index (χ0v) is 29.5. The van der Waals surface area contributed by atoms with E-state index in [2.05, 4.69) is 27.9 Å². The third kappa shape index (κ3) is 6.46. The molecule has 5 aromatic rings. The first-order valence-corrected chi connectivity index (χ1v) is 16.9. The third-order valence-electron chi connectivity index (χ3n) is 9.46. The number of aliphatic carboxylic acids is 1. The maximum atomic E-state index is 17.0. The molecule has 272 valence electrons. The third-order valence-corrected chi connectivity index (χ3v) is 10.8. The van der Waals surface area contributed by atoms with Crippen molar-refractivity contribution < 1.29 is 31.9 Å². The maximum Gasteiger partial charge on any atom is 0.490 e. The largest absolute Gasteiger partial charge is 0.490 e. The first kappa shape index (κ1) is 36.7. The standard InChI is InChI=1S/C32H30ClF2N9S.C2HF3O2/c1-16(17-5-4-9-39-28(17)37)43(3)30-19-11-21(33)24(18-6-7-22(34)27-23(18)20(12-36)29(38)45-27)25(35)26(19)40-31(41-30)44-10-8-32(15-44)13-42(2)14-32;3-2(4,5)1(6)7/h4-7,9,11,16H,8,10,13-15,38H2,1-3H3,(H2,37,39);(H,6,7)/t16-;/m1./s1. The molecule has 0 radical (unpaired) electrons. The number of thiophene rings is 1. The number of hydrogen-bond donors (Lipinski definition) is 3. The van der Waals surface area contributed by atoms with Crippen LogP contribution in [-0.2, 0) is 4.79 Å². The number of nitrogens with zero attached hydrogens (tertiary/aromatic N) is 7. The van der Waals surface area contributed by atoms with Gasteiger partial charge in [0.1, 0.15) is 34.0 Å². The monoisotopic (exact) mass is 759 g/mol. The fourth-order valence-corrected chi connectivity index (χ4v) is 8.22. The lowest BCUT2D eigenvalue weighted by molar-refractivity contribution is -0.192. The predicted octanol–water partition coefficient (Wildman–Crippen LogP) is 6.85. The van der Waals surface area contributed by atoms with Crippen LogP contribution in [0.5, 0.6) is 0 Å². The fraction of sp³-hybridized carbons (Fsp3) is 0.324. The highest BCUT2D eigenvalue weighted by Gasteiger charge is 2.47. The highest BCUT2D eigenvalue weighted by molar-refractivity contribution is 7.23. The summed E-state index contributed by atoms with van der Waals surface area (Å²) in [5, 5.41) is 17.8. The van der Waals surface area contributed by atoms with Crippen LogP contribution in [0.3, 0.4) is 0 Å². The second-order valence-corrected chi connectivity index (χ2v) is 14.4. The van der Waals surface area contributed by atoms with Crippen LogP contribution in [0, 0.1) is 28.4 Å². The van der Waals surface area contributed by atoms with Gasteiger partial charge in [0, 0.05) is 66.7 Å². The van der Waals surface area contributed by atoms with Crippen molar-refractivity contribution in [3.05, 3.63) is 64.3 Å². The molecule has 7 rings (SSSR count). The van der Waals surface area contributed by atoms with E-state index in [1.165, 1.54) is 12.1 Å². The molecule has 0 bridgehead atoms. The number of halogens is 6. The molecule has 11 nitrogen and oxygen atoms in total. The Kier molecular flexibility index (Phi) is 9.53. The summed E-state index contributed by atoms with van der Waals surface area (Å²) in [5.74, 6) is -2.72. The number of alkyl halides is 3. The summed E-state index contributed by atoms with van der Waals surface area (Å²) in [6.45, 7) is 5.45. The normalized spacial score (nSPS) is 16.0. The van der Waals surface area contributed by atoms with Gasteiger partial charge in [-0.3, -0.25) is 0 Å². The fourth-order valence-electron chi connectivity index (χ4n) is 6.97. The average Bonchev–Trinajstić information content (AvgIpc) is 3.66. The van der Waals surface area contributed by atoms with E-state index in [0.29, 0.717) is 23.0 Å². The highest BCUT2D eigenvalue weighted by Crippen LogP contribution is 2.47. The minimum atomic E-state index is -5.08. The zero-order chi connectivity index (χ0) is 37.9. The number of hydrogen-bond acceptors (Lipinski definition) is 11. The molecular formula is C34H31ClF5N9O2S. The molecule has 1 spiro atoms. The molecule has 0 saturated carbocycles. The van der Waals surface area contributed by atoms with Gasteiger partial charge in [-0.05, 0) is 44.2 Å². The summed E-state index contributed by atoms with van der Waals surface area (Å²) < 4.78 is 63.8. The number of pyridine rings is 1. The first-order chi connectivity index (χ1) is 24.5. The van der Waals surface area contributed by atoms with E-state index in [1.54, 1.807) is 12.3 Å². The Labute approximate surface area is 302 Å². The van der Waals surface area contributed by atoms with Gasteiger partial charge in [0.15, 0.2) is 5.82 Å². The van der Waals surface area contributed by atoms with Crippen LogP contribution in [0.1, 0.15) is 30.5 Å². The molecule has 0 amide bonds. The lowest BCUT2D eigenvalue weighted by Crippen LogP contribution is -2.55. The molecule has 0 aliphatic carbocycles. The number of aromatic nitrogens is 3. The Morgan fingerprint density at radius 1 is 1.19 bits per heavy atom. The van der Waals surface area contributed by atoms with E-state index in [-0.39, 0.29) is 53.8 Å². The number of nitriles is 1. The average molecular weight is 760 g/mol. The van der Waals surface area contributed by atoms with Crippen molar-refractivity contribution in [3.63, 3.8) is 0 Å². The molecule has 5 heterocycles. The van der Waals surface area contributed by atoms with Gasteiger partial charge in [-0.1, -0.05) is 23.7 Å². The van der Waals surface area contributed by atoms with Crippen molar-refractivity contribution in [2.45, 2.75) is 25.6 Å². The molecule has 2 aliphatic rings. The van der Waals surface area contributed by atoms with Crippen molar-refractivity contribution in [3.8, 4) is 17.2 Å². The minimum absolute atomic E-state index is 0.0183. The minimum Gasteiger partial charge on any atom is -0.475 e. The first-order valence-electron chi connectivity index (χ1n) is 15.7. The van der Waals surface area contributed by atoms with Gasteiger partial charge in [-0.25, -0.2) is 23.5 Å². The second-order valence-electron chi connectivity index (χ2n) is 13.0. The number of rotatable bonds is 5. The predicted molar refractivity (Wildman–Crippen MR) is 190 cm³/mol. The van der Waals surface area contributed by atoms with Gasteiger partial charge >= 0.3 is 12.1 Å². The number of benzene rings is 2. The smallest absolute Gasteiger partial charge is 0.475 e. The van der Waals surface area contributed by atoms with Crippen molar-refractivity contribution >= 4 is 72.5 Å². The Morgan fingerprint density at radius 2 is 1.88 bits per heavy atom. The van der Waals surface area contributed by atoms with Crippen LogP contribution in [0.25, 0.3) is 32.1 Å². The molecule has 3 aromatic heterocycles. The number of fused-ring (bicyclic) bond motifs is 2. The highest BCUT2D eigenvalue weighted by atomic mass is 35.5. The van der Waals surface area contributed by atoms with E-state index < -0.39 is 23.8 Å². The van der Waals surface area contributed by atoms with Crippen LogP contribution in [-0.4, -0.2) is 77.4 Å². The molecule has 2 aliphatic heterocycles. The molecule has 2 aromatic carbocycles. The number of anilines is 4. The van der Waals surface area contributed by atoms with Crippen molar-refractivity contribution in [2.24, 2.45) is 5.41 Å². The van der Waals surface area contributed by atoms with Crippen LogP contribution in [0.4, 0.5) is 44.5 Å². The van der Waals surface area contributed by atoms with E-state index in [4.69, 9.17) is 42.9 Å². The number of carboxylic acids is 1. The number of likely N-dealkylation sites (tertiary alicyclic amines) is 1. The summed E-state index contributed by atoms with van der Waals surface area (Å²) in [7, 11) is 3.97. The molecule has 5 N–H and O–H groups in total. The summed E-state index contributed by atoms with van der Waals surface area (Å²) >= 11 is 7.81. The van der Waals surface area contributed by atoms with Crippen LogP contribution in [0.2, 0.25) is 5.02 Å². The quantitative estimate of drug-likeness (QED) is 0.161. The summed E-state index contributed by atoms with van der Waals surface area (Å²) in [6, 6.07) is 9.79. The lowest BCUT2D eigenvalue weighted by atomic mass is 9.79. The summed E-state index contributed by atoms with van der Waals surface area (Å²) in [4.78, 5) is 29.3. The number of nitrogen functional groups attached to an aromatic ring is 2. The Bertz CT molecular complexity index is 2270. The van der Waals surface area contributed by atoms with E-state index in [0.717, 1.165) is 49.5 Å². The van der Waals surface area contributed by atoms with Gasteiger partial charge in [-0.15, -0.1) is 11.3 Å². The molecular weight excluding hydrogens is 729 g/mol. The Morgan fingerprint density at radius 3 is 2.50 bits per heavy atom. The van der Waals surface area contributed by atoms with Gasteiger partial charge in [0.05, 0.1) is 21.3 Å². The van der Waals surface area contributed by atoms with E-state index in [9.17, 15) is 22.8 Å². The van der Waals surface area contributed by atoms with Gasteiger partial charge in [0.25, 0.3) is 0 Å². The number of carbonyl (C=O) groups is 1. The maximum absolute atomic E-state index is 17.0. The molecule has 2 saturated heterocycles. The molecule has 2 fully saturated rings. The second kappa shape index (κ2) is 13.5. The molecule has 18 heteroatoms. The van der Waals surface area contributed by atoms with Gasteiger partial charge < -0.3 is 31.3 Å². The van der Waals surface area contributed by atoms with Crippen LogP contribution >= 0.6 is 22.9 Å². The van der Waals surface area contributed by atoms with Crippen molar-refractivity contribution in [1.29, 1.82) is 5.26 Å². The zero-order valence-electron chi connectivity index (χ0n) is 27.9. The van der Waals surface area contributed by atoms with E-state index >= 15 is 4.39 Å². The topological polar surface area (TPSA) is 162 Å². The van der Waals surface area contributed by atoms with Gasteiger partial charge in [0.2, 0.25) is 5.95 Å². The van der Waals surface area contributed by atoms with Crippen LogP contribution < -0.4 is 21.3 Å². The Balaban J connectivity index is 0.000000604. The molecule has 52 heavy (non-hydrogen) atoms. The van der Waals surface area contributed by atoms with Crippen molar-refractivity contribution in [2.75, 3.05) is 61.5 Å².